The average molecular weight is 348 g/mol. The van der Waals surface area contributed by atoms with Crippen LogP contribution in [-0.4, -0.2) is 77.1 Å². The Kier molecular flexibility index (Phi) is 10.00. The molecule has 2 N–H and O–H groups in total. The van der Waals surface area contributed by atoms with Crippen molar-refractivity contribution >= 4 is 5.96 Å². The summed E-state index contributed by atoms with van der Waals surface area (Å²) in [5.41, 5.74) is 1.32. The summed E-state index contributed by atoms with van der Waals surface area (Å²) in [6.45, 7) is 8.06. The van der Waals surface area contributed by atoms with Crippen molar-refractivity contribution in [3.05, 3.63) is 35.9 Å². The van der Waals surface area contributed by atoms with Gasteiger partial charge < -0.3 is 20.1 Å². The van der Waals surface area contributed by atoms with Gasteiger partial charge in [-0.1, -0.05) is 30.3 Å². The van der Waals surface area contributed by atoms with Crippen LogP contribution in [0, 0.1) is 0 Å². The molecule has 1 fully saturated rings. The van der Waals surface area contributed by atoms with Crippen molar-refractivity contribution in [3.8, 4) is 0 Å². The quantitative estimate of drug-likeness (QED) is 0.377. The molecule has 2 rings (SSSR count). The highest BCUT2D eigenvalue weighted by Crippen LogP contribution is 1.99. The number of rotatable bonds is 10. The molecule has 0 aromatic heterocycles. The van der Waals surface area contributed by atoms with Gasteiger partial charge in [0, 0.05) is 46.4 Å². The largest absolute Gasteiger partial charge is 0.381 e. The van der Waals surface area contributed by atoms with Crippen molar-refractivity contribution in [2.24, 2.45) is 4.99 Å². The highest BCUT2D eigenvalue weighted by molar-refractivity contribution is 5.79. The first-order valence-corrected chi connectivity index (χ1v) is 9.25. The van der Waals surface area contributed by atoms with E-state index in [2.05, 4.69) is 44.8 Å². The molecule has 6 heteroatoms. The standard InChI is InChI=1S/C19H32N4O2/c1-20-19(22-10-11-23-12-16-25-17-13-23)21-9-5-14-24-15-8-18-6-3-2-4-7-18/h2-4,6-7H,5,8-17H2,1H3,(H2,20,21,22). The maximum atomic E-state index is 5.69. The second kappa shape index (κ2) is 12.7. The number of morpholine rings is 1. The molecule has 1 saturated heterocycles. The number of aliphatic imine (C=N–C) groups is 1. The molecule has 1 aliphatic rings. The summed E-state index contributed by atoms with van der Waals surface area (Å²) in [5.74, 6) is 0.859. The number of hydrogen-bond donors (Lipinski definition) is 2. The molecule has 6 nitrogen and oxygen atoms in total. The van der Waals surface area contributed by atoms with E-state index in [4.69, 9.17) is 9.47 Å². The van der Waals surface area contributed by atoms with Gasteiger partial charge in [-0.3, -0.25) is 9.89 Å². The Morgan fingerprint density at radius 2 is 1.88 bits per heavy atom. The lowest BCUT2D eigenvalue weighted by Crippen LogP contribution is -2.44. The van der Waals surface area contributed by atoms with Crippen LogP contribution in [0.3, 0.4) is 0 Å². The topological polar surface area (TPSA) is 58.1 Å². The van der Waals surface area contributed by atoms with Crippen molar-refractivity contribution in [1.82, 2.24) is 15.5 Å². The molecule has 1 aromatic rings. The van der Waals surface area contributed by atoms with Crippen LogP contribution >= 0.6 is 0 Å². The van der Waals surface area contributed by atoms with Gasteiger partial charge in [-0.05, 0) is 18.4 Å². The highest BCUT2D eigenvalue weighted by atomic mass is 16.5. The van der Waals surface area contributed by atoms with Crippen LogP contribution in [0.4, 0.5) is 0 Å². The molecule has 0 amide bonds. The number of nitrogens with zero attached hydrogens (tertiary/aromatic N) is 2. The second-order valence-corrected chi connectivity index (χ2v) is 6.08. The van der Waals surface area contributed by atoms with Gasteiger partial charge >= 0.3 is 0 Å². The van der Waals surface area contributed by atoms with Crippen molar-refractivity contribution in [2.45, 2.75) is 12.8 Å². The summed E-state index contributed by atoms with van der Waals surface area (Å²) < 4.78 is 11.1. The molecule has 1 aromatic carbocycles. The number of guanidine groups is 1. The van der Waals surface area contributed by atoms with Gasteiger partial charge in [0.25, 0.3) is 0 Å². The maximum Gasteiger partial charge on any atom is 0.191 e. The number of nitrogens with one attached hydrogen (secondary N) is 2. The average Bonchev–Trinajstić information content (AvgIpc) is 2.67. The molecule has 0 aliphatic carbocycles. The lowest BCUT2D eigenvalue weighted by atomic mass is 10.2. The SMILES string of the molecule is CN=C(NCCCOCCc1ccccc1)NCCN1CCOCC1. The van der Waals surface area contributed by atoms with Crippen LogP contribution in [0.2, 0.25) is 0 Å². The third-order valence-corrected chi connectivity index (χ3v) is 4.18. The molecule has 25 heavy (non-hydrogen) atoms. The van der Waals surface area contributed by atoms with E-state index >= 15 is 0 Å². The van der Waals surface area contributed by atoms with E-state index in [9.17, 15) is 0 Å². The smallest absolute Gasteiger partial charge is 0.191 e. The summed E-state index contributed by atoms with van der Waals surface area (Å²) in [4.78, 5) is 6.66. The molecular formula is C19H32N4O2. The van der Waals surface area contributed by atoms with E-state index < -0.39 is 0 Å². The Labute approximate surface area is 151 Å². The molecule has 140 valence electrons. The van der Waals surface area contributed by atoms with E-state index in [1.54, 1.807) is 7.05 Å². The predicted octanol–water partition coefficient (Wildman–Crippen LogP) is 1.13. The van der Waals surface area contributed by atoms with Gasteiger partial charge in [-0.2, -0.15) is 0 Å². The van der Waals surface area contributed by atoms with Gasteiger partial charge in [-0.15, -0.1) is 0 Å². The van der Waals surface area contributed by atoms with Crippen LogP contribution in [0.1, 0.15) is 12.0 Å². The summed E-state index contributed by atoms with van der Waals surface area (Å²) in [7, 11) is 1.81. The van der Waals surface area contributed by atoms with Crippen LogP contribution < -0.4 is 10.6 Å². The number of benzene rings is 1. The molecule has 0 spiro atoms. The first-order chi connectivity index (χ1) is 12.4. The molecule has 0 radical (unpaired) electrons. The first-order valence-electron chi connectivity index (χ1n) is 9.25. The third kappa shape index (κ3) is 8.86. The molecule has 0 bridgehead atoms. The fourth-order valence-corrected chi connectivity index (χ4v) is 2.70. The van der Waals surface area contributed by atoms with E-state index in [1.807, 2.05) is 6.07 Å². The summed E-state index contributed by atoms with van der Waals surface area (Å²) in [6, 6.07) is 10.4. The zero-order chi connectivity index (χ0) is 17.6. The van der Waals surface area contributed by atoms with Gasteiger partial charge in [0.05, 0.1) is 19.8 Å². The minimum atomic E-state index is 0.768. The first kappa shape index (κ1) is 19.7. The van der Waals surface area contributed by atoms with Crippen molar-refractivity contribution < 1.29 is 9.47 Å². The lowest BCUT2D eigenvalue weighted by Gasteiger charge is -2.26. The molecule has 0 saturated carbocycles. The Bertz CT molecular complexity index is 476. The Morgan fingerprint density at radius 1 is 1.12 bits per heavy atom. The zero-order valence-corrected chi connectivity index (χ0v) is 15.4. The lowest BCUT2D eigenvalue weighted by molar-refractivity contribution is 0.0389. The third-order valence-electron chi connectivity index (χ3n) is 4.18. The van der Waals surface area contributed by atoms with E-state index in [-0.39, 0.29) is 0 Å². The van der Waals surface area contributed by atoms with Gasteiger partial charge in [0.1, 0.15) is 0 Å². The molecule has 1 aliphatic heterocycles. The van der Waals surface area contributed by atoms with Crippen LogP contribution in [-0.2, 0) is 15.9 Å². The Balaban J connectivity index is 1.44. The maximum absolute atomic E-state index is 5.69. The summed E-state index contributed by atoms with van der Waals surface area (Å²) in [5, 5.41) is 6.69. The monoisotopic (exact) mass is 348 g/mol. The van der Waals surface area contributed by atoms with E-state index in [1.165, 1.54) is 5.56 Å². The minimum Gasteiger partial charge on any atom is -0.381 e. The highest BCUT2D eigenvalue weighted by Gasteiger charge is 2.09. The summed E-state index contributed by atoms with van der Waals surface area (Å²) >= 11 is 0. The predicted molar refractivity (Wildman–Crippen MR) is 102 cm³/mol. The van der Waals surface area contributed by atoms with Gasteiger partial charge in [0.15, 0.2) is 5.96 Å². The van der Waals surface area contributed by atoms with Crippen LogP contribution in [0.5, 0.6) is 0 Å². The van der Waals surface area contributed by atoms with Gasteiger partial charge in [-0.25, -0.2) is 0 Å². The van der Waals surface area contributed by atoms with Crippen LogP contribution in [0.15, 0.2) is 35.3 Å². The van der Waals surface area contributed by atoms with Gasteiger partial charge in [0.2, 0.25) is 0 Å². The van der Waals surface area contributed by atoms with Crippen LogP contribution in [0.25, 0.3) is 0 Å². The Hall–Kier alpha value is -1.63. The Morgan fingerprint density at radius 3 is 2.64 bits per heavy atom. The zero-order valence-electron chi connectivity index (χ0n) is 15.4. The van der Waals surface area contributed by atoms with Crippen molar-refractivity contribution in [1.29, 1.82) is 0 Å². The second-order valence-electron chi connectivity index (χ2n) is 6.08. The fourth-order valence-electron chi connectivity index (χ4n) is 2.70. The number of ether oxygens (including phenoxy) is 2. The van der Waals surface area contributed by atoms with E-state index in [0.29, 0.717) is 0 Å². The minimum absolute atomic E-state index is 0.768. The normalized spacial score (nSPS) is 16.0. The summed E-state index contributed by atoms with van der Waals surface area (Å²) in [6.07, 6.45) is 1.94. The van der Waals surface area contributed by atoms with E-state index in [0.717, 1.165) is 78.0 Å². The molecular weight excluding hydrogens is 316 g/mol. The van der Waals surface area contributed by atoms with Crippen molar-refractivity contribution in [2.75, 3.05) is 66.2 Å². The molecule has 1 heterocycles. The molecule has 0 atom stereocenters. The van der Waals surface area contributed by atoms with Crippen molar-refractivity contribution in [3.63, 3.8) is 0 Å². The fraction of sp³-hybridized carbons (Fsp3) is 0.632. The molecule has 0 unspecified atom stereocenters. The number of hydrogen-bond acceptors (Lipinski definition) is 4.